The molecule has 0 aromatic heterocycles. The molecule has 8 heteroatoms. The fourth-order valence-corrected chi connectivity index (χ4v) is 1.77. The summed E-state index contributed by atoms with van der Waals surface area (Å²) in [5.74, 6) is -0.773. The van der Waals surface area contributed by atoms with Crippen molar-refractivity contribution in [3.05, 3.63) is 35.4 Å². The Kier molecular flexibility index (Phi) is 11.2. The van der Waals surface area contributed by atoms with E-state index >= 15 is 0 Å². The zero-order chi connectivity index (χ0) is 17.1. The van der Waals surface area contributed by atoms with Crippen LogP contribution in [0.5, 0.6) is 0 Å². The Morgan fingerprint density at radius 1 is 1.00 bits per heavy atom. The summed E-state index contributed by atoms with van der Waals surface area (Å²) in [6.07, 6.45) is 1.99. The highest BCUT2D eigenvalue weighted by molar-refractivity contribution is 5.94. The average molecular weight is 357 g/mol. The van der Waals surface area contributed by atoms with Gasteiger partial charge in [-0.3, -0.25) is 14.4 Å². The Morgan fingerprint density at radius 2 is 1.67 bits per heavy atom. The summed E-state index contributed by atoms with van der Waals surface area (Å²) < 4.78 is 0. The number of carbonyl (C=O) groups is 3. The van der Waals surface area contributed by atoms with E-state index in [1.165, 1.54) is 0 Å². The first-order valence-electron chi connectivity index (χ1n) is 7.67. The molecule has 3 amide bonds. The lowest BCUT2D eigenvalue weighted by Crippen LogP contribution is -2.39. The van der Waals surface area contributed by atoms with Crippen molar-refractivity contribution in [1.29, 1.82) is 0 Å². The van der Waals surface area contributed by atoms with Crippen molar-refractivity contribution in [3.8, 4) is 0 Å². The minimum atomic E-state index is -0.376. The number of benzene rings is 1. The molecule has 0 radical (unpaired) electrons. The molecule has 1 rings (SSSR count). The second kappa shape index (κ2) is 12.3. The highest BCUT2D eigenvalue weighted by atomic mass is 35.5. The van der Waals surface area contributed by atoms with Gasteiger partial charge in [0.1, 0.15) is 0 Å². The molecule has 7 nitrogen and oxygen atoms in total. The summed E-state index contributed by atoms with van der Waals surface area (Å²) in [7, 11) is 0. The molecule has 0 aliphatic rings. The summed E-state index contributed by atoms with van der Waals surface area (Å²) in [6.45, 7) is 2.82. The zero-order valence-electron chi connectivity index (χ0n) is 13.8. The van der Waals surface area contributed by atoms with Crippen LogP contribution in [0.2, 0.25) is 0 Å². The monoisotopic (exact) mass is 356 g/mol. The van der Waals surface area contributed by atoms with Crippen LogP contribution in [0.1, 0.15) is 35.7 Å². The number of nitrogens with one attached hydrogen (secondary N) is 3. The second-order valence-corrected chi connectivity index (χ2v) is 5.06. The smallest absolute Gasteiger partial charge is 0.251 e. The van der Waals surface area contributed by atoms with Gasteiger partial charge < -0.3 is 21.7 Å². The van der Waals surface area contributed by atoms with E-state index in [1.807, 2.05) is 0 Å². The Morgan fingerprint density at radius 3 is 2.25 bits per heavy atom. The number of rotatable bonds is 9. The molecule has 0 atom stereocenters. The number of halogens is 1. The number of carbonyl (C=O) groups excluding carboxylic acids is 3. The summed E-state index contributed by atoms with van der Waals surface area (Å²) in [6, 6.07) is 7.01. The van der Waals surface area contributed by atoms with Crippen LogP contribution in [0.25, 0.3) is 0 Å². The topological polar surface area (TPSA) is 113 Å². The SMILES string of the molecule is CCCCNC(=O)c1ccc(CNC(=O)CNC(=O)CN)cc1.Cl. The fraction of sp³-hybridized carbons (Fsp3) is 0.438. The highest BCUT2D eigenvalue weighted by Crippen LogP contribution is 2.04. The van der Waals surface area contributed by atoms with Crippen LogP contribution in [-0.4, -0.2) is 37.4 Å². The number of nitrogens with two attached hydrogens (primary N) is 1. The van der Waals surface area contributed by atoms with Crippen molar-refractivity contribution in [2.75, 3.05) is 19.6 Å². The lowest BCUT2D eigenvalue weighted by Gasteiger charge is -2.08. The van der Waals surface area contributed by atoms with E-state index in [1.54, 1.807) is 24.3 Å². The van der Waals surface area contributed by atoms with Crippen molar-refractivity contribution < 1.29 is 14.4 Å². The summed E-state index contributed by atoms with van der Waals surface area (Å²) >= 11 is 0. The van der Waals surface area contributed by atoms with Crippen molar-refractivity contribution in [3.63, 3.8) is 0 Å². The number of hydrogen-bond donors (Lipinski definition) is 4. The van der Waals surface area contributed by atoms with Gasteiger partial charge in [0.25, 0.3) is 5.91 Å². The molecule has 24 heavy (non-hydrogen) atoms. The maximum atomic E-state index is 11.8. The minimum absolute atomic E-state index is 0. The van der Waals surface area contributed by atoms with Gasteiger partial charge in [-0.1, -0.05) is 25.5 Å². The molecule has 0 heterocycles. The van der Waals surface area contributed by atoms with Gasteiger partial charge in [-0.25, -0.2) is 0 Å². The van der Waals surface area contributed by atoms with E-state index in [4.69, 9.17) is 5.73 Å². The largest absolute Gasteiger partial charge is 0.352 e. The minimum Gasteiger partial charge on any atom is -0.352 e. The van der Waals surface area contributed by atoms with E-state index in [0.717, 1.165) is 18.4 Å². The van der Waals surface area contributed by atoms with Gasteiger partial charge in [-0.2, -0.15) is 0 Å². The first kappa shape index (κ1) is 21.9. The van der Waals surface area contributed by atoms with E-state index < -0.39 is 0 Å². The fourth-order valence-electron chi connectivity index (χ4n) is 1.77. The Hall–Kier alpha value is -2.12. The first-order valence-corrected chi connectivity index (χ1v) is 7.67. The van der Waals surface area contributed by atoms with Crippen molar-refractivity contribution in [2.45, 2.75) is 26.3 Å². The molecule has 0 saturated carbocycles. The van der Waals surface area contributed by atoms with Crippen LogP contribution in [0, 0.1) is 0 Å². The molecule has 0 saturated heterocycles. The molecule has 1 aromatic rings. The van der Waals surface area contributed by atoms with Gasteiger partial charge >= 0.3 is 0 Å². The van der Waals surface area contributed by atoms with Crippen LogP contribution in [-0.2, 0) is 16.1 Å². The van der Waals surface area contributed by atoms with Gasteiger partial charge in [0.05, 0.1) is 13.1 Å². The van der Waals surface area contributed by atoms with E-state index in [0.29, 0.717) is 18.7 Å². The van der Waals surface area contributed by atoms with E-state index in [-0.39, 0.29) is 43.2 Å². The molecule has 134 valence electrons. The Labute approximate surface area is 148 Å². The lowest BCUT2D eigenvalue weighted by atomic mass is 10.1. The summed E-state index contributed by atoms with van der Waals surface area (Å²) in [5, 5.41) is 7.91. The molecule has 5 N–H and O–H groups in total. The van der Waals surface area contributed by atoms with Crippen molar-refractivity contribution in [2.24, 2.45) is 5.73 Å². The molecular weight excluding hydrogens is 332 g/mol. The van der Waals surface area contributed by atoms with E-state index in [9.17, 15) is 14.4 Å². The molecule has 0 spiro atoms. The quantitative estimate of drug-likeness (QED) is 0.477. The molecule has 0 bridgehead atoms. The third-order valence-corrected chi connectivity index (χ3v) is 3.15. The summed E-state index contributed by atoms with van der Waals surface area (Å²) in [4.78, 5) is 34.3. The highest BCUT2D eigenvalue weighted by Gasteiger charge is 2.06. The summed E-state index contributed by atoms with van der Waals surface area (Å²) in [5.41, 5.74) is 6.58. The maximum Gasteiger partial charge on any atom is 0.251 e. The standard InChI is InChI=1S/C16H24N4O3.ClH/c1-2-3-8-18-16(23)13-6-4-12(5-7-13)10-19-15(22)11-20-14(21)9-17;/h4-7H,2-3,8-11,17H2,1H3,(H,18,23)(H,19,22)(H,20,21);1H. The molecule has 0 aliphatic carbocycles. The van der Waals surface area contributed by atoms with Gasteiger partial charge in [0, 0.05) is 18.7 Å². The van der Waals surface area contributed by atoms with Crippen LogP contribution in [0.15, 0.2) is 24.3 Å². The van der Waals surface area contributed by atoms with Crippen molar-refractivity contribution >= 4 is 30.1 Å². The van der Waals surface area contributed by atoms with Crippen LogP contribution in [0.3, 0.4) is 0 Å². The van der Waals surface area contributed by atoms with Gasteiger partial charge in [-0.05, 0) is 24.1 Å². The van der Waals surface area contributed by atoms with Crippen LogP contribution >= 0.6 is 12.4 Å². The van der Waals surface area contributed by atoms with Crippen molar-refractivity contribution in [1.82, 2.24) is 16.0 Å². The molecule has 0 unspecified atom stereocenters. The molecular formula is C16H25ClN4O3. The average Bonchev–Trinajstić information content (AvgIpc) is 2.58. The van der Waals surface area contributed by atoms with Gasteiger partial charge in [-0.15, -0.1) is 12.4 Å². The van der Waals surface area contributed by atoms with E-state index in [2.05, 4.69) is 22.9 Å². The number of hydrogen-bond acceptors (Lipinski definition) is 4. The lowest BCUT2D eigenvalue weighted by molar-refractivity contribution is -0.125. The zero-order valence-corrected chi connectivity index (χ0v) is 14.6. The predicted molar refractivity (Wildman–Crippen MR) is 94.8 cm³/mol. The van der Waals surface area contributed by atoms with Gasteiger partial charge in [0.2, 0.25) is 11.8 Å². The van der Waals surface area contributed by atoms with Crippen LogP contribution < -0.4 is 21.7 Å². The van der Waals surface area contributed by atoms with Gasteiger partial charge in [0.15, 0.2) is 0 Å². The molecule has 0 fully saturated rings. The first-order chi connectivity index (χ1) is 11.1. The second-order valence-electron chi connectivity index (χ2n) is 5.06. The molecule has 1 aromatic carbocycles. The normalized spacial score (nSPS) is 9.58. The third kappa shape index (κ3) is 8.50. The maximum absolute atomic E-state index is 11.8. The molecule has 0 aliphatic heterocycles. The Bertz CT molecular complexity index is 535. The van der Waals surface area contributed by atoms with Crippen LogP contribution in [0.4, 0.5) is 0 Å². The third-order valence-electron chi connectivity index (χ3n) is 3.15. The Balaban J connectivity index is 0.00000529. The number of unbranched alkanes of at least 4 members (excludes halogenated alkanes) is 1. The number of amides is 3. The predicted octanol–water partition coefficient (Wildman–Crippen LogP) is 0.329.